The second-order valence-corrected chi connectivity index (χ2v) is 11.6. The van der Waals surface area contributed by atoms with E-state index in [0.29, 0.717) is 29.5 Å². The molecule has 0 unspecified atom stereocenters. The lowest BCUT2D eigenvalue weighted by Crippen LogP contribution is -2.47. The highest BCUT2D eigenvalue weighted by molar-refractivity contribution is 6.06. The monoisotopic (exact) mass is 571 g/mol. The second kappa shape index (κ2) is 13.1. The van der Waals surface area contributed by atoms with E-state index in [-0.39, 0.29) is 17.4 Å². The van der Waals surface area contributed by atoms with Crippen molar-refractivity contribution >= 4 is 28.8 Å². The Hall–Kier alpha value is -3.69. The van der Waals surface area contributed by atoms with E-state index in [9.17, 15) is 9.59 Å². The fraction of sp³-hybridized carbons (Fsp3) is 0.485. The maximum Gasteiger partial charge on any atom is 0.277 e. The predicted molar refractivity (Wildman–Crippen MR) is 164 cm³/mol. The molecule has 3 aliphatic rings. The molecule has 1 aliphatic carbocycles. The molecule has 0 radical (unpaired) electrons. The zero-order valence-electron chi connectivity index (χ0n) is 24.5. The zero-order valence-corrected chi connectivity index (χ0v) is 24.5. The molecule has 3 fully saturated rings. The van der Waals surface area contributed by atoms with E-state index in [4.69, 9.17) is 9.15 Å². The van der Waals surface area contributed by atoms with E-state index in [1.165, 1.54) is 17.5 Å². The highest BCUT2D eigenvalue weighted by atomic mass is 16.5. The van der Waals surface area contributed by atoms with Gasteiger partial charge < -0.3 is 24.3 Å². The molecule has 0 spiro atoms. The standard InChI is InChI=1S/C33H41N5O4/c1-24-6-2-3-7-29(24)37-14-16-38(17-15-37)30-12-11-26(31(39)8-4-5-13-36-18-20-41-21-19-36)22-27(30)34-32(40)28-23-42-33(35-28)25-9-10-25/h2-3,6-7,11-12,22-23,25H,4-5,8-10,13-21H2,1H3,(H,34,40). The van der Waals surface area contributed by atoms with Gasteiger partial charge in [-0.1, -0.05) is 18.2 Å². The molecule has 3 aromatic rings. The van der Waals surface area contributed by atoms with Crippen LogP contribution in [-0.4, -0.2) is 80.6 Å². The highest BCUT2D eigenvalue weighted by Gasteiger charge is 2.30. The molecule has 2 aliphatic heterocycles. The average molecular weight is 572 g/mol. The van der Waals surface area contributed by atoms with Crippen LogP contribution < -0.4 is 15.1 Å². The van der Waals surface area contributed by atoms with Gasteiger partial charge >= 0.3 is 0 Å². The maximum atomic E-state index is 13.3. The van der Waals surface area contributed by atoms with Crippen molar-refractivity contribution in [2.24, 2.45) is 0 Å². The molecule has 2 aromatic carbocycles. The molecule has 1 amide bonds. The van der Waals surface area contributed by atoms with Gasteiger partial charge in [-0.05, 0) is 69.0 Å². The predicted octanol–water partition coefficient (Wildman–Crippen LogP) is 5.12. The Morgan fingerprint density at radius 2 is 1.67 bits per heavy atom. The molecule has 9 heteroatoms. The fourth-order valence-electron chi connectivity index (χ4n) is 5.88. The Bertz CT molecular complexity index is 1390. The first kappa shape index (κ1) is 28.4. The molecule has 222 valence electrons. The fourth-order valence-corrected chi connectivity index (χ4v) is 5.88. The lowest BCUT2D eigenvalue weighted by Gasteiger charge is -2.38. The number of hydrogen-bond donors (Lipinski definition) is 1. The summed E-state index contributed by atoms with van der Waals surface area (Å²) >= 11 is 0. The van der Waals surface area contributed by atoms with Crippen molar-refractivity contribution in [1.29, 1.82) is 0 Å². The molecule has 1 N–H and O–H groups in total. The van der Waals surface area contributed by atoms with Gasteiger partial charge in [-0.15, -0.1) is 0 Å². The molecule has 2 saturated heterocycles. The smallest absolute Gasteiger partial charge is 0.277 e. The van der Waals surface area contributed by atoms with E-state index in [0.717, 1.165) is 90.4 Å². The van der Waals surface area contributed by atoms with Crippen molar-refractivity contribution in [3.05, 3.63) is 71.4 Å². The zero-order chi connectivity index (χ0) is 28.9. The number of para-hydroxylation sites is 1. The van der Waals surface area contributed by atoms with Crippen molar-refractivity contribution in [2.45, 2.75) is 44.9 Å². The summed E-state index contributed by atoms with van der Waals surface area (Å²) in [7, 11) is 0. The summed E-state index contributed by atoms with van der Waals surface area (Å²) in [6, 6.07) is 14.2. The Morgan fingerprint density at radius 1 is 0.929 bits per heavy atom. The maximum absolute atomic E-state index is 13.3. The highest BCUT2D eigenvalue weighted by Crippen LogP contribution is 2.39. The van der Waals surface area contributed by atoms with Crippen molar-refractivity contribution in [3.63, 3.8) is 0 Å². The van der Waals surface area contributed by atoms with E-state index >= 15 is 0 Å². The Balaban J connectivity index is 1.14. The molecule has 42 heavy (non-hydrogen) atoms. The van der Waals surface area contributed by atoms with Gasteiger partial charge in [0.15, 0.2) is 17.4 Å². The third-order valence-electron chi connectivity index (χ3n) is 8.56. The molecule has 0 bridgehead atoms. The number of aromatic nitrogens is 1. The van der Waals surface area contributed by atoms with Crippen LogP contribution in [0.4, 0.5) is 17.1 Å². The molecule has 1 aromatic heterocycles. The first-order valence-corrected chi connectivity index (χ1v) is 15.3. The summed E-state index contributed by atoms with van der Waals surface area (Å²) in [6.45, 7) is 10.00. The van der Waals surface area contributed by atoms with Crippen molar-refractivity contribution in [1.82, 2.24) is 9.88 Å². The molecular formula is C33H41N5O4. The summed E-state index contributed by atoms with van der Waals surface area (Å²) in [6.07, 6.45) is 5.85. The Labute approximate surface area is 247 Å². The Morgan fingerprint density at radius 3 is 2.40 bits per heavy atom. The van der Waals surface area contributed by atoms with Gasteiger partial charge in [-0.2, -0.15) is 0 Å². The number of carbonyl (C=O) groups excluding carboxylic acids is 2. The number of carbonyl (C=O) groups is 2. The van der Waals surface area contributed by atoms with Crippen LogP contribution in [0.1, 0.15) is 70.3 Å². The number of Topliss-reactive ketones (excluding diaryl/α,β-unsaturated/α-hetero) is 1. The molecule has 0 atom stereocenters. The minimum atomic E-state index is -0.319. The number of amides is 1. The first-order valence-electron chi connectivity index (χ1n) is 15.3. The van der Waals surface area contributed by atoms with Gasteiger partial charge in [0.05, 0.1) is 24.6 Å². The number of nitrogens with zero attached hydrogens (tertiary/aromatic N) is 4. The number of oxazole rings is 1. The molecule has 9 nitrogen and oxygen atoms in total. The second-order valence-electron chi connectivity index (χ2n) is 11.6. The van der Waals surface area contributed by atoms with Gasteiger partial charge in [-0.25, -0.2) is 4.98 Å². The Kier molecular flexibility index (Phi) is 8.86. The summed E-state index contributed by atoms with van der Waals surface area (Å²) < 4.78 is 11.0. The van der Waals surface area contributed by atoms with Crippen LogP contribution in [0.15, 0.2) is 53.1 Å². The van der Waals surface area contributed by atoms with Gasteiger partial charge in [0.25, 0.3) is 5.91 Å². The number of benzene rings is 2. The van der Waals surface area contributed by atoms with Crippen LogP contribution in [0, 0.1) is 6.92 Å². The number of rotatable bonds is 11. The number of nitrogens with one attached hydrogen (secondary N) is 1. The van der Waals surface area contributed by atoms with Gasteiger partial charge in [0.1, 0.15) is 6.26 Å². The van der Waals surface area contributed by atoms with Gasteiger partial charge in [0.2, 0.25) is 0 Å². The summed E-state index contributed by atoms with van der Waals surface area (Å²) in [4.78, 5) is 38.0. The van der Waals surface area contributed by atoms with E-state index in [1.807, 2.05) is 18.2 Å². The number of piperazine rings is 1. The van der Waals surface area contributed by atoms with Gasteiger partial charge in [0, 0.05) is 62.9 Å². The third-order valence-corrected chi connectivity index (χ3v) is 8.56. The average Bonchev–Trinajstić information content (AvgIpc) is 3.76. The number of ketones is 1. The summed E-state index contributed by atoms with van der Waals surface area (Å²) in [5.41, 5.74) is 4.98. The summed E-state index contributed by atoms with van der Waals surface area (Å²) in [5.74, 6) is 0.742. The van der Waals surface area contributed by atoms with Crippen LogP contribution in [0.2, 0.25) is 0 Å². The molecule has 3 heterocycles. The third kappa shape index (κ3) is 6.85. The van der Waals surface area contributed by atoms with Crippen molar-refractivity contribution < 1.29 is 18.7 Å². The van der Waals surface area contributed by atoms with E-state index in [1.54, 1.807) is 0 Å². The number of anilines is 3. The topological polar surface area (TPSA) is 91.2 Å². The van der Waals surface area contributed by atoms with Crippen LogP contribution >= 0.6 is 0 Å². The van der Waals surface area contributed by atoms with Crippen LogP contribution in [0.25, 0.3) is 0 Å². The number of morpholine rings is 1. The summed E-state index contributed by atoms with van der Waals surface area (Å²) in [5, 5.41) is 3.07. The number of unbranched alkanes of at least 4 members (excludes halogenated alkanes) is 1. The number of ether oxygens (including phenoxy) is 1. The van der Waals surface area contributed by atoms with Crippen LogP contribution in [0.3, 0.4) is 0 Å². The van der Waals surface area contributed by atoms with Crippen molar-refractivity contribution in [3.8, 4) is 0 Å². The van der Waals surface area contributed by atoms with Crippen LogP contribution in [0.5, 0.6) is 0 Å². The normalized spacial score (nSPS) is 17.8. The van der Waals surface area contributed by atoms with E-state index < -0.39 is 0 Å². The molecular weight excluding hydrogens is 530 g/mol. The lowest BCUT2D eigenvalue weighted by molar-refractivity contribution is 0.0371. The SMILES string of the molecule is Cc1ccccc1N1CCN(c2ccc(C(=O)CCCCN3CCOCC3)cc2NC(=O)c2coc(C3CC3)n2)CC1. The molecule has 6 rings (SSSR count). The molecule has 1 saturated carbocycles. The lowest BCUT2D eigenvalue weighted by atomic mass is 10.0. The van der Waals surface area contributed by atoms with Crippen molar-refractivity contribution in [2.75, 3.05) is 74.1 Å². The minimum Gasteiger partial charge on any atom is -0.448 e. The largest absolute Gasteiger partial charge is 0.448 e. The first-order chi connectivity index (χ1) is 20.5. The minimum absolute atomic E-state index is 0.0980. The number of aryl methyl sites for hydroxylation is 1. The van der Waals surface area contributed by atoms with E-state index in [2.05, 4.69) is 56.2 Å². The van der Waals surface area contributed by atoms with Crippen LogP contribution in [-0.2, 0) is 4.74 Å². The van der Waals surface area contributed by atoms with Gasteiger partial charge in [-0.3, -0.25) is 14.5 Å². The number of hydrogen-bond acceptors (Lipinski definition) is 8. The quantitative estimate of drug-likeness (QED) is 0.250.